The van der Waals surface area contributed by atoms with Gasteiger partial charge in [-0.1, -0.05) is 5.21 Å². The van der Waals surface area contributed by atoms with Crippen LogP contribution in [0.4, 0.5) is 0 Å². The van der Waals surface area contributed by atoms with E-state index in [9.17, 15) is 4.79 Å². The summed E-state index contributed by atoms with van der Waals surface area (Å²) >= 11 is 0. The molecule has 2 heterocycles. The first-order valence-electron chi connectivity index (χ1n) is 7.32. The van der Waals surface area contributed by atoms with Crippen molar-refractivity contribution >= 4 is 18.3 Å². The molecule has 6 nitrogen and oxygen atoms in total. The Kier molecular flexibility index (Phi) is 6.16. The van der Waals surface area contributed by atoms with E-state index in [-0.39, 0.29) is 29.9 Å². The zero-order valence-corrected chi connectivity index (χ0v) is 14.0. The molecule has 0 aromatic carbocycles. The van der Waals surface area contributed by atoms with E-state index in [1.165, 1.54) is 0 Å². The molecule has 1 fully saturated rings. The fraction of sp³-hybridized carbons (Fsp3) is 0.786. The van der Waals surface area contributed by atoms with E-state index >= 15 is 0 Å². The number of halogens is 1. The maximum Gasteiger partial charge on any atom is 0.273 e. The quantitative estimate of drug-likeness (QED) is 0.888. The Balaban J connectivity index is 0.00000220. The molecule has 1 aromatic heterocycles. The van der Waals surface area contributed by atoms with Crippen molar-refractivity contribution in [2.75, 3.05) is 13.1 Å². The summed E-state index contributed by atoms with van der Waals surface area (Å²) in [5.74, 6) is 0.407. The third kappa shape index (κ3) is 4.68. The highest BCUT2D eigenvalue weighted by atomic mass is 35.5. The van der Waals surface area contributed by atoms with Crippen molar-refractivity contribution in [1.82, 2.24) is 25.6 Å². The van der Waals surface area contributed by atoms with Crippen LogP contribution >= 0.6 is 12.4 Å². The molecule has 1 aromatic rings. The number of hydrogen-bond acceptors (Lipinski definition) is 4. The zero-order chi connectivity index (χ0) is 14.8. The number of aromatic nitrogens is 3. The highest BCUT2D eigenvalue weighted by Crippen LogP contribution is 2.16. The molecule has 1 unspecified atom stereocenters. The molecule has 7 heteroatoms. The van der Waals surface area contributed by atoms with E-state index in [0.717, 1.165) is 25.9 Å². The predicted octanol–water partition coefficient (Wildman–Crippen LogP) is 1.57. The number of nitrogens with zero attached hydrogens (tertiary/aromatic N) is 3. The average Bonchev–Trinajstić information content (AvgIpc) is 2.89. The van der Waals surface area contributed by atoms with Gasteiger partial charge in [0, 0.05) is 6.04 Å². The third-order valence-corrected chi connectivity index (χ3v) is 3.86. The van der Waals surface area contributed by atoms with Crippen molar-refractivity contribution in [3.8, 4) is 0 Å². The predicted molar refractivity (Wildman–Crippen MR) is 84.8 cm³/mol. The van der Waals surface area contributed by atoms with Gasteiger partial charge in [0.05, 0.1) is 11.7 Å². The van der Waals surface area contributed by atoms with Crippen LogP contribution in [0.25, 0.3) is 0 Å². The van der Waals surface area contributed by atoms with E-state index in [4.69, 9.17) is 0 Å². The van der Waals surface area contributed by atoms with Crippen molar-refractivity contribution in [2.45, 2.75) is 52.1 Å². The van der Waals surface area contributed by atoms with Crippen LogP contribution in [0, 0.1) is 5.92 Å². The Hall–Kier alpha value is -1.14. The lowest BCUT2D eigenvalue weighted by atomic mass is 9.91. The summed E-state index contributed by atoms with van der Waals surface area (Å²) in [5.41, 5.74) is 0.229. The summed E-state index contributed by atoms with van der Waals surface area (Å²) in [4.78, 5) is 12.2. The molecular weight excluding hydrogens is 290 g/mol. The molecule has 0 spiro atoms. The molecule has 0 saturated carbocycles. The zero-order valence-electron chi connectivity index (χ0n) is 13.2. The fourth-order valence-corrected chi connectivity index (χ4v) is 2.44. The molecule has 0 aliphatic carbocycles. The summed E-state index contributed by atoms with van der Waals surface area (Å²) < 4.78 is 1.72. The van der Waals surface area contributed by atoms with Gasteiger partial charge in [-0.3, -0.25) is 4.79 Å². The molecule has 21 heavy (non-hydrogen) atoms. The minimum absolute atomic E-state index is 0. The Labute approximate surface area is 132 Å². The van der Waals surface area contributed by atoms with E-state index in [1.807, 2.05) is 20.8 Å². The van der Waals surface area contributed by atoms with Crippen molar-refractivity contribution < 1.29 is 4.79 Å². The molecule has 2 N–H and O–H groups in total. The number of piperidine rings is 1. The van der Waals surface area contributed by atoms with Gasteiger partial charge < -0.3 is 10.6 Å². The number of rotatable bonds is 3. The van der Waals surface area contributed by atoms with E-state index in [0.29, 0.717) is 11.6 Å². The number of carbonyl (C=O) groups excluding carboxylic acids is 1. The topological polar surface area (TPSA) is 71.8 Å². The van der Waals surface area contributed by atoms with Crippen LogP contribution in [0.2, 0.25) is 0 Å². The summed E-state index contributed by atoms with van der Waals surface area (Å²) in [5, 5.41) is 14.4. The second-order valence-electron chi connectivity index (χ2n) is 6.57. The van der Waals surface area contributed by atoms with Crippen LogP contribution in [-0.2, 0) is 5.54 Å². The SMILES string of the molecule is CC(NC(=O)c1cn(C(C)(C)C)nn1)C1CCNCC1.Cl. The van der Waals surface area contributed by atoms with E-state index < -0.39 is 0 Å². The maximum absolute atomic E-state index is 12.2. The third-order valence-electron chi connectivity index (χ3n) is 3.86. The lowest BCUT2D eigenvalue weighted by Crippen LogP contribution is -2.42. The standard InChI is InChI=1S/C14H25N5O.ClH/c1-10(11-5-7-15-8-6-11)16-13(20)12-9-19(18-17-12)14(2,3)4;/h9-11,15H,5-8H2,1-4H3,(H,16,20);1H. The van der Waals surface area contributed by atoms with Crippen LogP contribution in [0.3, 0.4) is 0 Å². The monoisotopic (exact) mass is 315 g/mol. The second kappa shape index (κ2) is 7.22. The summed E-state index contributed by atoms with van der Waals surface area (Å²) in [6.07, 6.45) is 3.93. The van der Waals surface area contributed by atoms with Crippen molar-refractivity contribution in [1.29, 1.82) is 0 Å². The van der Waals surface area contributed by atoms with Gasteiger partial charge in [0.25, 0.3) is 5.91 Å². The van der Waals surface area contributed by atoms with Gasteiger partial charge in [0.15, 0.2) is 5.69 Å². The van der Waals surface area contributed by atoms with Crippen LogP contribution in [-0.4, -0.2) is 40.0 Å². The summed E-state index contributed by atoms with van der Waals surface area (Å²) in [6, 6.07) is 0.171. The van der Waals surface area contributed by atoms with Crippen molar-refractivity contribution in [3.05, 3.63) is 11.9 Å². The van der Waals surface area contributed by atoms with E-state index in [1.54, 1.807) is 10.9 Å². The maximum atomic E-state index is 12.2. The van der Waals surface area contributed by atoms with Gasteiger partial charge in [0.1, 0.15) is 0 Å². The molecule has 1 aliphatic heterocycles. The van der Waals surface area contributed by atoms with Crippen LogP contribution in [0.15, 0.2) is 6.20 Å². The molecule has 1 atom stereocenters. The van der Waals surface area contributed by atoms with E-state index in [2.05, 4.69) is 27.9 Å². The second-order valence-corrected chi connectivity index (χ2v) is 6.57. The molecule has 0 radical (unpaired) electrons. The Morgan fingerprint density at radius 1 is 1.43 bits per heavy atom. The van der Waals surface area contributed by atoms with Crippen LogP contribution in [0.1, 0.15) is 51.0 Å². The molecule has 2 rings (SSSR count). The number of hydrogen-bond donors (Lipinski definition) is 2. The van der Waals surface area contributed by atoms with Gasteiger partial charge in [-0.05, 0) is 59.5 Å². The molecular formula is C14H26ClN5O. The first kappa shape index (κ1) is 17.9. The Bertz CT molecular complexity index is 462. The van der Waals surface area contributed by atoms with Gasteiger partial charge in [0.2, 0.25) is 0 Å². The number of carbonyl (C=O) groups is 1. The first-order chi connectivity index (χ1) is 9.38. The van der Waals surface area contributed by atoms with Crippen LogP contribution in [0.5, 0.6) is 0 Å². The van der Waals surface area contributed by atoms with Gasteiger partial charge >= 0.3 is 0 Å². The normalized spacial score (nSPS) is 17.9. The van der Waals surface area contributed by atoms with Crippen molar-refractivity contribution in [3.63, 3.8) is 0 Å². The summed E-state index contributed by atoms with van der Waals surface area (Å²) in [7, 11) is 0. The Morgan fingerprint density at radius 2 is 2.05 bits per heavy atom. The lowest BCUT2D eigenvalue weighted by Gasteiger charge is -2.28. The number of amides is 1. The average molecular weight is 316 g/mol. The molecule has 1 amide bonds. The molecule has 1 saturated heterocycles. The van der Waals surface area contributed by atoms with Gasteiger partial charge in [-0.15, -0.1) is 17.5 Å². The lowest BCUT2D eigenvalue weighted by molar-refractivity contribution is 0.0915. The fourth-order valence-electron chi connectivity index (χ4n) is 2.44. The highest BCUT2D eigenvalue weighted by molar-refractivity contribution is 5.92. The van der Waals surface area contributed by atoms with Gasteiger partial charge in [-0.2, -0.15) is 0 Å². The van der Waals surface area contributed by atoms with Gasteiger partial charge in [-0.25, -0.2) is 4.68 Å². The molecule has 1 aliphatic rings. The van der Waals surface area contributed by atoms with Crippen LogP contribution < -0.4 is 10.6 Å². The largest absolute Gasteiger partial charge is 0.348 e. The first-order valence-corrected chi connectivity index (χ1v) is 7.32. The molecule has 120 valence electrons. The smallest absolute Gasteiger partial charge is 0.273 e. The molecule has 0 bridgehead atoms. The summed E-state index contributed by atoms with van der Waals surface area (Å²) in [6.45, 7) is 10.2. The minimum atomic E-state index is -0.161. The number of nitrogens with one attached hydrogen (secondary N) is 2. The highest BCUT2D eigenvalue weighted by Gasteiger charge is 2.23. The Morgan fingerprint density at radius 3 is 2.57 bits per heavy atom. The minimum Gasteiger partial charge on any atom is -0.348 e. The van der Waals surface area contributed by atoms with Crippen molar-refractivity contribution in [2.24, 2.45) is 5.92 Å².